The first-order valence-corrected chi connectivity index (χ1v) is 5.88. The minimum absolute atomic E-state index is 0.0299. The number of hydrogen-bond acceptors (Lipinski definition) is 5. The zero-order chi connectivity index (χ0) is 12.8. The number of nitrogens with zero attached hydrogens (tertiary/aromatic N) is 3. The molecule has 1 aromatic heterocycles. The van der Waals surface area contributed by atoms with E-state index in [1.54, 1.807) is 0 Å². The highest BCUT2D eigenvalue weighted by Gasteiger charge is 2.39. The summed E-state index contributed by atoms with van der Waals surface area (Å²) in [6, 6.07) is 0.454. The van der Waals surface area contributed by atoms with Crippen LogP contribution in [0.25, 0.3) is 0 Å². The second kappa shape index (κ2) is 4.20. The third kappa shape index (κ3) is 2.22. The summed E-state index contributed by atoms with van der Waals surface area (Å²) in [5.41, 5.74) is 0. The minimum Gasteiger partial charge on any atom is -0.338 e. The lowest BCUT2D eigenvalue weighted by Crippen LogP contribution is -2.30. The van der Waals surface area contributed by atoms with Gasteiger partial charge in [-0.05, 0) is 18.9 Å². The van der Waals surface area contributed by atoms with Crippen LogP contribution in [0.1, 0.15) is 18.1 Å². The molecule has 2 atom stereocenters. The molecule has 2 aliphatic heterocycles. The quantitative estimate of drug-likeness (QED) is 0.857. The lowest BCUT2D eigenvalue weighted by molar-refractivity contribution is -0.146. The molecular weight excluding hydrogens is 249 g/mol. The Hall–Kier alpha value is -1.15. The van der Waals surface area contributed by atoms with Gasteiger partial charge in [0.2, 0.25) is 5.89 Å². The molecule has 5 nitrogen and oxygen atoms in total. The molecule has 2 aliphatic rings. The van der Waals surface area contributed by atoms with E-state index < -0.39 is 12.0 Å². The maximum Gasteiger partial charge on any atom is 0.455 e. The molecule has 0 bridgehead atoms. The molecular formula is C10H13F3N4O. The van der Waals surface area contributed by atoms with Crippen LogP contribution in [0.5, 0.6) is 0 Å². The standard InChI is InChI=1S/C10H13F3N4O/c11-10(12,13)9-15-8(18-16-9)5-17-3-6-1-2-14-7(6)4-17/h6-7,14H,1-5H2/t6-,7+/m0/s1. The van der Waals surface area contributed by atoms with Crippen LogP contribution in [0.15, 0.2) is 4.52 Å². The third-order valence-electron chi connectivity index (χ3n) is 3.52. The summed E-state index contributed by atoms with van der Waals surface area (Å²) in [7, 11) is 0. The Bertz CT molecular complexity index is 421. The Morgan fingerprint density at radius 3 is 2.89 bits per heavy atom. The molecule has 18 heavy (non-hydrogen) atoms. The number of likely N-dealkylation sites (tertiary alicyclic amines) is 1. The maximum absolute atomic E-state index is 12.3. The highest BCUT2D eigenvalue weighted by atomic mass is 19.4. The zero-order valence-electron chi connectivity index (χ0n) is 9.57. The first-order valence-electron chi connectivity index (χ1n) is 5.88. The van der Waals surface area contributed by atoms with Gasteiger partial charge in [0.25, 0.3) is 5.82 Å². The number of halogens is 3. The fourth-order valence-electron chi connectivity index (χ4n) is 2.69. The summed E-state index contributed by atoms with van der Waals surface area (Å²) in [5.74, 6) is -0.577. The summed E-state index contributed by atoms with van der Waals surface area (Å²) in [4.78, 5) is 5.42. The van der Waals surface area contributed by atoms with Crippen LogP contribution in [0.3, 0.4) is 0 Å². The second-order valence-corrected chi connectivity index (χ2v) is 4.81. The molecule has 2 saturated heterocycles. The first-order chi connectivity index (χ1) is 8.52. The van der Waals surface area contributed by atoms with Crippen molar-refractivity contribution in [2.24, 2.45) is 5.92 Å². The Morgan fingerprint density at radius 1 is 1.39 bits per heavy atom. The van der Waals surface area contributed by atoms with Crippen LogP contribution >= 0.6 is 0 Å². The van der Waals surface area contributed by atoms with E-state index in [1.165, 1.54) is 0 Å². The van der Waals surface area contributed by atoms with Crippen molar-refractivity contribution in [3.63, 3.8) is 0 Å². The number of fused-ring (bicyclic) bond motifs is 1. The molecule has 0 saturated carbocycles. The van der Waals surface area contributed by atoms with E-state index in [1.807, 2.05) is 0 Å². The van der Waals surface area contributed by atoms with E-state index in [0.717, 1.165) is 26.1 Å². The Balaban J connectivity index is 1.62. The zero-order valence-corrected chi connectivity index (χ0v) is 9.57. The highest BCUT2D eigenvalue weighted by molar-refractivity contribution is 4.96. The molecule has 8 heteroatoms. The van der Waals surface area contributed by atoms with Gasteiger partial charge in [0.1, 0.15) is 0 Å². The SMILES string of the molecule is FC(F)(F)c1noc(CN2C[C@@H]3CCN[C@@H]3C2)n1. The van der Waals surface area contributed by atoms with Crippen LogP contribution in [-0.4, -0.2) is 40.7 Å². The summed E-state index contributed by atoms with van der Waals surface area (Å²) in [5, 5.41) is 6.32. The first kappa shape index (κ1) is 11.9. The second-order valence-electron chi connectivity index (χ2n) is 4.81. The summed E-state index contributed by atoms with van der Waals surface area (Å²) in [6.07, 6.45) is -3.41. The molecule has 1 aromatic rings. The topological polar surface area (TPSA) is 54.2 Å². The van der Waals surface area contributed by atoms with Crippen molar-refractivity contribution < 1.29 is 17.7 Å². The Morgan fingerprint density at radius 2 is 2.22 bits per heavy atom. The van der Waals surface area contributed by atoms with Crippen LogP contribution in [0, 0.1) is 5.92 Å². The Kier molecular flexibility index (Phi) is 2.78. The molecule has 0 amide bonds. The molecule has 2 fully saturated rings. The van der Waals surface area contributed by atoms with Gasteiger partial charge in [-0.15, -0.1) is 0 Å². The van der Waals surface area contributed by atoms with E-state index in [4.69, 9.17) is 0 Å². The van der Waals surface area contributed by atoms with Gasteiger partial charge in [0, 0.05) is 19.1 Å². The molecule has 0 radical (unpaired) electrons. The fourth-order valence-corrected chi connectivity index (χ4v) is 2.69. The van der Waals surface area contributed by atoms with Gasteiger partial charge in [0.15, 0.2) is 0 Å². The third-order valence-corrected chi connectivity index (χ3v) is 3.52. The van der Waals surface area contributed by atoms with Crippen LogP contribution in [0.4, 0.5) is 13.2 Å². The summed E-state index contributed by atoms with van der Waals surface area (Å²) < 4.78 is 41.5. The number of alkyl halides is 3. The van der Waals surface area contributed by atoms with Crippen LogP contribution in [-0.2, 0) is 12.7 Å². The van der Waals surface area contributed by atoms with Gasteiger partial charge >= 0.3 is 6.18 Å². The van der Waals surface area contributed by atoms with Crippen molar-refractivity contribution in [1.82, 2.24) is 20.4 Å². The largest absolute Gasteiger partial charge is 0.455 e. The monoisotopic (exact) mass is 262 g/mol. The Labute approximate surface area is 101 Å². The van der Waals surface area contributed by atoms with Crippen molar-refractivity contribution >= 4 is 0 Å². The van der Waals surface area contributed by atoms with Gasteiger partial charge in [-0.25, -0.2) is 0 Å². The highest BCUT2D eigenvalue weighted by Crippen LogP contribution is 2.28. The van der Waals surface area contributed by atoms with Gasteiger partial charge in [0.05, 0.1) is 6.54 Å². The fraction of sp³-hybridized carbons (Fsp3) is 0.800. The van der Waals surface area contributed by atoms with E-state index in [2.05, 4.69) is 24.9 Å². The molecule has 0 aromatic carbocycles. The van der Waals surface area contributed by atoms with Crippen molar-refractivity contribution in [3.05, 3.63) is 11.7 Å². The molecule has 3 heterocycles. The molecule has 3 rings (SSSR count). The predicted octanol–water partition coefficient (Wildman–Crippen LogP) is 0.882. The van der Waals surface area contributed by atoms with Crippen molar-refractivity contribution in [1.29, 1.82) is 0 Å². The van der Waals surface area contributed by atoms with Gasteiger partial charge in [-0.1, -0.05) is 5.16 Å². The maximum atomic E-state index is 12.3. The number of rotatable bonds is 2. The smallest absolute Gasteiger partial charge is 0.338 e. The lowest BCUT2D eigenvalue weighted by Gasteiger charge is -2.13. The predicted molar refractivity (Wildman–Crippen MR) is 54.5 cm³/mol. The summed E-state index contributed by atoms with van der Waals surface area (Å²) >= 11 is 0. The van der Waals surface area contributed by atoms with Gasteiger partial charge in [-0.2, -0.15) is 18.2 Å². The van der Waals surface area contributed by atoms with E-state index >= 15 is 0 Å². The van der Waals surface area contributed by atoms with Crippen molar-refractivity contribution in [2.45, 2.75) is 25.2 Å². The molecule has 0 unspecified atom stereocenters. The molecule has 0 spiro atoms. The molecule has 1 N–H and O–H groups in total. The summed E-state index contributed by atoms with van der Waals surface area (Å²) in [6.45, 7) is 3.02. The van der Waals surface area contributed by atoms with Gasteiger partial charge < -0.3 is 9.84 Å². The minimum atomic E-state index is -4.54. The van der Waals surface area contributed by atoms with E-state index in [-0.39, 0.29) is 12.4 Å². The molecule has 0 aliphatic carbocycles. The number of nitrogens with one attached hydrogen (secondary N) is 1. The average molecular weight is 262 g/mol. The number of hydrogen-bond donors (Lipinski definition) is 1. The lowest BCUT2D eigenvalue weighted by atomic mass is 10.1. The van der Waals surface area contributed by atoms with Crippen LogP contribution < -0.4 is 5.32 Å². The van der Waals surface area contributed by atoms with Crippen molar-refractivity contribution in [3.8, 4) is 0 Å². The van der Waals surface area contributed by atoms with Crippen molar-refractivity contribution in [2.75, 3.05) is 19.6 Å². The normalized spacial score (nSPS) is 28.8. The number of aromatic nitrogens is 2. The molecule has 100 valence electrons. The van der Waals surface area contributed by atoms with E-state index in [0.29, 0.717) is 12.0 Å². The van der Waals surface area contributed by atoms with Crippen LogP contribution in [0.2, 0.25) is 0 Å². The van der Waals surface area contributed by atoms with Gasteiger partial charge in [-0.3, -0.25) is 4.90 Å². The van der Waals surface area contributed by atoms with E-state index in [9.17, 15) is 13.2 Å². The average Bonchev–Trinajstić information content (AvgIpc) is 2.90.